The van der Waals surface area contributed by atoms with E-state index in [-0.39, 0.29) is 17.7 Å². The van der Waals surface area contributed by atoms with Gasteiger partial charge in [0, 0.05) is 0 Å². The van der Waals surface area contributed by atoms with E-state index in [4.69, 9.17) is 4.74 Å². The number of ketones is 1. The van der Waals surface area contributed by atoms with Gasteiger partial charge in [0.25, 0.3) is 0 Å². The van der Waals surface area contributed by atoms with Crippen LogP contribution in [0.15, 0.2) is 12.1 Å². The van der Waals surface area contributed by atoms with Gasteiger partial charge in [0.2, 0.25) is 0 Å². The van der Waals surface area contributed by atoms with Crippen LogP contribution in [0, 0.1) is 19.8 Å². The largest absolute Gasteiger partial charge is 0.425 e. The highest BCUT2D eigenvalue weighted by molar-refractivity contribution is 5.99. The van der Waals surface area contributed by atoms with E-state index in [0.29, 0.717) is 11.3 Å². The average Bonchev–Trinajstić information content (AvgIpc) is 2.22. The minimum Gasteiger partial charge on any atom is -0.425 e. The van der Waals surface area contributed by atoms with Gasteiger partial charge in [-0.3, -0.25) is 9.59 Å². The second kappa shape index (κ2) is 5.13. The molecule has 0 aliphatic heterocycles. The van der Waals surface area contributed by atoms with E-state index < -0.39 is 0 Å². The zero-order valence-electron chi connectivity index (χ0n) is 11.0. The topological polar surface area (TPSA) is 43.4 Å². The predicted molar refractivity (Wildman–Crippen MR) is 66.4 cm³/mol. The van der Waals surface area contributed by atoms with E-state index in [2.05, 4.69) is 0 Å². The quantitative estimate of drug-likeness (QED) is 0.458. The standard InChI is InChI=1S/C14H18O3/c1-8(2)14(16)17-13-10(4)7-6-9(3)12(13)11(5)15/h6-8H,1-5H3. The lowest BCUT2D eigenvalue weighted by molar-refractivity contribution is -0.137. The van der Waals surface area contributed by atoms with Gasteiger partial charge in [-0.15, -0.1) is 0 Å². The van der Waals surface area contributed by atoms with Crippen LogP contribution in [0.25, 0.3) is 0 Å². The summed E-state index contributed by atoms with van der Waals surface area (Å²) in [5.41, 5.74) is 2.13. The van der Waals surface area contributed by atoms with E-state index in [1.165, 1.54) is 6.92 Å². The molecule has 1 rings (SSSR count). The number of aryl methyl sites for hydroxylation is 2. The van der Waals surface area contributed by atoms with Gasteiger partial charge in [-0.25, -0.2) is 0 Å². The van der Waals surface area contributed by atoms with Crippen LogP contribution in [-0.4, -0.2) is 11.8 Å². The van der Waals surface area contributed by atoms with Crippen molar-refractivity contribution in [3.8, 4) is 5.75 Å². The van der Waals surface area contributed by atoms with Gasteiger partial charge in [0.1, 0.15) is 5.75 Å². The van der Waals surface area contributed by atoms with Gasteiger partial charge < -0.3 is 4.74 Å². The molecule has 0 aromatic heterocycles. The van der Waals surface area contributed by atoms with Gasteiger partial charge in [-0.2, -0.15) is 0 Å². The molecule has 0 aliphatic carbocycles. The maximum Gasteiger partial charge on any atom is 0.313 e. The second-order valence-electron chi connectivity index (χ2n) is 4.54. The fourth-order valence-corrected chi connectivity index (χ4v) is 1.57. The normalized spacial score (nSPS) is 10.5. The Hall–Kier alpha value is -1.64. The Morgan fingerprint density at radius 2 is 1.65 bits per heavy atom. The summed E-state index contributed by atoms with van der Waals surface area (Å²) in [6.45, 7) is 8.67. The first-order valence-electron chi connectivity index (χ1n) is 5.67. The summed E-state index contributed by atoms with van der Waals surface area (Å²) in [5.74, 6) is -0.218. The molecule has 3 nitrogen and oxygen atoms in total. The zero-order valence-corrected chi connectivity index (χ0v) is 11.0. The molecule has 0 amide bonds. The lowest BCUT2D eigenvalue weighted by atomic mass is 10.0. The van der Waals surface area contributed by atoms with Crippen LogP contribution < -0.4 is 4.74 Å². The summed E-state index contributed by atoms with van der Waals surface area (Å²) in [6, 6.07) is 3.71. The third kappa shape index (κ3) is 2.93. The third-order valence-electron chi connectivity index (χ3n) is 2.59. The molecule has 0 saturated heterocycles. The molecule has 0 spiro atoms. The smallest absolute Gasteiger partial charge is 0.313 e. The van der Waals surface area contributed by atoms with Crippen LogP contribution in [0.4, 0.5) is 0 Å². The Labute approximate surface area is 102 Å². The number of hydrogen-bond donors (Lipinski definition) is 0. The van der Waals surface area contributed by atoms with Gasteiger partial charge >= 0.3 is 5.97 Å². The van der Waals surface area contributed by atoms with E-state index in [9.17, 15) is 9.59 Å². The van der Waals surface area contributed by atoms with Crippen LogP contribution in [0.1, 0.15) is 42.3 Å². The SMILES string of the molecule is CC(=O)c1c(C)ccc(C)c1OC(=O)C(C)C. The molecule has 0 radical (unpaired) electrons. The van der Waals surface area contributed by atoms with E-state index in [0.717, 1.165) is 11.1 Å². The number of rotatable bonds is 3. The summed E-state index contributed by atoms with van der Waals surface area (Å²) in [4.78, 5) is 23.2. The molecule has 0 unspecified atom stereocenters. The lowest BCUT2D eigenvalue weighted by Gasteiger charge is -2.14. The molecule has 0 fully saturated rings. The first kappa shape index (κ1) is 13.4. The fourth-order valence-electron chi connectivity index (χ4n) is 1.57. The van der Waals surface area contributed by atoms with Crippen LogP contribution in [0.3, 0.4) is 0 Å². The van der Waals surface area contributed by atoms with Gasteiger partial charge in [0.15, 0.2) is 5.78 Å². The van der Waals surface area contributed by atoms with Crippen molar-refractivity contribution in [2.24, 2.45) is 5.92 Å². The van der Waals surface area contributed by atoms with Crippen LogP contribution >= 0.6 is 0 Å². The molecule has 1 aromatic carbocycles. The number of esters is 1. The molecule has 17 heavy (non-hydrogen) atoms. The summed E-state index contributed by atoms with van der Waals surface area (Å²) >= 11 is 0. The highest BCUT2D eigenvalue weighted by atomic mass is 16.5. The van der Waals surface area contributed by atoms with E-state index in [1.54, 1.807) is 13.8 Å². The highest BCUT2D eigenvalue weighted by Gasteiger charge is 2.18. The number of benzene rings is 1. The van der Waals surface area contributed by atoms with Crippen molar-refractivity contribution in [2.45, 2.75) is 34.6 Å². The molecule has 0 atom stereocenters. The summed E-state index contributed by atoms with van der Waals surface area (Å²) in [6.07, 6.45) is 0. The minimum atomic E-state index is -0.318. The molecule has 92 valence electrons. The van der Waals surface area contributed by atoms with Crippen molar-refractivity contribution in [3.63, 3.8) is 0 Å². The number of hydrogen-bond acceptors (Lipinski definition) is 3. The van der Waals surface area contributed by atoms with E-state index in [1.807, 2.05) is 26.0 Å². The van der Waals surface area contributed by atoms with Crippen molar-refractivity contribution in [1.82, 2.24) is 0 Å². The van der Waals surface area contributed by atoms with Gasteiger partial charge in [-0.1, -0.05) is 26.0 Å². The number of Topliss-reactive ketones (excluding diaryl/α,β-unsaturated/α-hetero) is 1. The van der Waals surface area contributed by atoms with Crippen LogP contribution in [0.5, 0.6) is 5.75 Å². The molecular formula is C14H18O3. The average molecular weight is 234 g/mol. The van der Waals surface area contributed by atoms with Gasteiger partial charge in [-0.05, 0) is 31.9 Å². The molecule has 0 bridgehead atoms. The Kier molecular flexibility index (Phi) is 4.05. The number of carbonyl (C=O) groups excluding carboxylic acids is 2. The summed E-state index contributed by atoms with van der Waals surface area (Å²) < 4.78 is 5.32. The first-order valence-corrected chi connectivity index (χ1v) is 5.67. The fraction of sp³-hybridized carbons (Fsp3) is 0.429. The maximum atomic E-state index is 11.6. The van der Waals surface area contributed by atoms with Crippen molar-refractivity contribution in [1.29, 1.82) is 0 Å². The Morgan fingerprint density at radius 1 is 1.12 bits per heavy atom. The Bertz CT molecular complexity index is 459. The molecule has 0 heterocycles. The van der Waals surface area contributed by atoms with E-state index >= 15 is 0 Å². The molecule has 0 N–H and O–H groups in total. The zero-order chi connectivity index (χ0) is 13.2. The summed E-state index contributed by atoms with van der Waals surface area (Å²) in [5, 5.41) is 0. The molecular weight excluding hydrogens is 216 g/mol. The van der Waals surface area contributed by atoms with Crippen molar-refractivity contribution in [3.05, 3.63) is 28.8 Å². The van der Waals surface area contributed by atoms with Crippen molar-refractivity contribution in [2.75, 3.05) is 0 Å². The molecule has 0 saturated carbocycles. The third-order valence-corrected chi connectivity index (χ3v) is 2.59. The van der Waals surface area contributed by atoms with Crippen LogP contribution in [-0.2, 0) is 4.79 Å². The lowest BCUT2D eigenvalue weighted by Crippen LogP contribution is -2.17. The summed E-state index contributed by atoms with van der Waals surface area (Å²) in [7, 11) is 0. The second-order valence-corrected chi connectivity index (χ2v) is 4.54. The predicted octanol–water partition coefficient (Wildman–Crippen LogP) is 3.07. The Morgan fingerprint density at radius 3 is 2.12 bits per heavy atom. The monoisotopic (exact) mass is 234 g/mol. The van der Waals surface area contributed by atoms with Crippen LogP contribution in [0.2, 0.25) is 0 Å². The van der Waals surface area contributed by atoms with Crippen molar-refractivity contribution >= 4 is 11.8 Å². The molecule has 1 aromatic rings. The Balaban J connectivity index is 3.26. The first-order chi connectivity index (χ1) is 7.84. The minimum absolute atomic E-state index is 0.0854. The van der Waals surface area contributed by atoms with Gasteiger partial charge in [0.05, 0.1) is 11.5 Å². The number of carbonyl (C=O) groups is 2. The number of ether oxygens (including phenoxy) is 1. The van der Waals surface area contributed by atoms with Crippen molar-refractivity contribution < 1.29 is 14.3 Å². The molecule has 3 heteroatoms. The maximum absolute atomic E-state index is 11.6. The molecule has 0 aliphatic rings. The highest BCUT2D eigenvalue weighted by Crippen LogP contribution is 2.27.